The van der Waals surface area contributed by atoms with Crippen molar-refractivity contribution in [2.45, 2.75) is 25.8 Å². The number of pyridine rings is 1. The Bertz CT molecular complexity index is 835. The van der Waals surface area contributed by atoms with Gasteiger partial charge in [0, 0.05) is 25.2 Å². The summed E-state index contributed by atoms with van der Waals surface area (Å²) < 4.78 is 1.92. The van der Waals surface area contributed by atoms with Gasteiger partial charge in [-0.2, -0.15) is 0 Å². The molecule has 0 spiro atoms. The predicted molar refractivity (Wildman–Crippen MR) is 94.1 cm³/mol. The Kier molecular flexibility index (Phi) is 3.76. The molecule has 1 saturated carbocycles. The van der Waals surface area contributed by atoms with Crippen molar-refractivity contribution < 1.29 is 9.59 Å². The first-order valence-electron chi connectivity index (χ1n) is 8.54. The molecular formula is C18H21ClN4O2. The van der Waals surface area contributed by atoms with E-state index in [0.717, 1.165) is 24.2 Å². The molecule has 3 heterocycles. The maximum absolute atomic E-state index is 12.9. The minimum atomic E-state index is -0.623. The third-order valence-electron chi connectivity index (χ3n) is 5.53. The number of carbonyl (C=O) groups excluding carboxylic acids is 2. The average Bonchev–Trinajstić information content (AvgIpc) is 3.00. The highest BCUT2D eigenvalue weighted by molar-refractivity contribution is 6.33. The van der Waals surface area contributed by atoms with Crippen LogP contribution in [0.1, 0.15) is 26.1 Å². The number of piperidine rings is 2. The molecule has 2 aromatic rings. The summed E-state index contributed by atoms with van der Waals surface area (Å²) in [4.78, 5) is 30.1. The number of nitrogens with one attached hydrogen (secondary N) is 1. The number of hydrogen-bond acceptors (Lipinski definition) is 3. The molecule has 1 aliphatic heterocycles. The smallest absolute Gasteiger partial charge is 0.224 e. The Balaban J connectivity index is 1.54. The van der Waals surface area contributed by atoms with Gasteiger partial charge in [0.15, 0.2) is 0 Å². The largest absolute Gasteiger partial charge is 0.345 e. The molecule has 1 aliphatic carbocycles. The number of halogens is 1. The minimum absolute atomic E-state index is 0.00899. The molecule has 25 heavy (non-hydrogen) atoms. The summed E-state index contributed by atoms with van der Waals surface area (Å²) in [5, 5.41) is 3.79. The van der Waals surface area contributed by atoms with Crippen molar-refractivity contribution in [3.8, 4) is 0 Å². The van der Waals surface area contributed by atoms with Gasteiger partial charge in [-0.05, 0) is 44.2 Å². The van der Waals surface area contributed by atoms with Crippen molar-refractivity contribution in [2.75, 3.05) is 13.1 Å². The summed E-state index contributed by atoms with van der Waals surface area (Å²) in [7, 11) is 0. The fourth-order valence-electron chi connectivity index (χ4n) is 4.34. The first-order chi connectivity index (χ1) is 11.9. The van der Waals surface area contributed by atoms with E-state index in [1.807, 2.05) is 36.6 Å². The van der Waals surface area contributed by atoms with Crippen LogP contribution in [-0.2, 0) is 15.1 Å². The van der Waals surface area contributed by atoms with E-state index in [1.54, 1.807) is 11.1 Å². The van der Waals surface area contributed by atoms with Crippen molar-refractivity contribution in [3.63, 3.8) is 0 Å². The first kappa shape index (κ1) is 16.4. The van der Waals surface area contributed by atoms with Crippen LogP contribution < -0.4 is 5.32 Å². The highest BCUT2D eigenvalue weighted by atomic mass is 35.5. The van der Waals surface area contributed by atoms with Crippen molar-refractivity contribution >= 4 is 29.4 Å². The second kappa shape index (κ2) is 5.73. The molecule has 2 aliphatic rings. The fraction of sp³-hybridized carbons (Fsp3) is 0.500. The first-order valence-corrected chi connectivity index (χ1v) is 8.92. The number of rotatable bonds is 4. The Morgan fingerprint density at radius 2 is 2.12 bits per heavy atom. The molecule has 132 valence electrons. The van der Waals surface area contributed by atoms with Crippen molar-refractivity contribution in [3.05, 3.63) is 35.4 Å². The topological polar surface area (TPSA) is 66.7 Å². The van der Waals surface area contributed by atoms with Crippen molar-refractivity contribution in [2.24, 2.45) is 17.8 Å². The molecule has 2 bridgehead atoms. The molecule has 7 heteroatoms. The van der Waals surface area contributed by atoms with Crippen LogP contribution in [-0.4, -0.2) is 39.7 Å². The van der Waals surface area contributed by atoms with E-state index in [0.29, 0.717) is 18.1 Å². The molecule has 0 radical (unpaired) electrons. The Morgan fingerprint density at radius 1 is 1.40 bits per heavy atom. The Morgan fingerprint density at radius 3 is 2.80 bits per heavy atom. The number of hydrogen-bond donors (Lipinski definition) is 1. The molecule has 0 aromatic carbocycles. The zero-order valence-corrected chi connectivity index (χ0v) is 15.0. The molecule has 2 unspecified atom stereocenters. The van der Waals surface area contributed by atoms with Gasteiger partial charge in [-0.25, -0.2) is 4.98 Å². The number of fused-ring (bicyclic) bond motifs is 3. The van der Waals surface area contributed by atoms with Crippen molar-refractivity contribution in [1.82, 2.24) is 19.6 Å². The number of carbonyl (C=O) groups is 2. The highest BCUT2D eigenvalue weighted by Gasteiger charge is 2.51. The van der Waals surface area contributed by atoms with Crippen LogP contribution in [0.15, 0.2) is 24.5 Å². The molecular weight excluding hydrogens is 340 g/mol. The summed E-state index contributed by atoms with van der Waals surface area (Å²) in [5.74, 6) is 1.33. The predicted octanol–water partition coefficient (Wildman–Crippen LogP) is 2.06. The summed E-state index contributed by atoms with van der Waals surface area (Å²) in [6, 6.07) is 3.69. The summed E-state index contributed by atoms with van der Waals surface area (Å²) in [6.07, 6.45) is 5.55. The molecule has 1 saturated heterocycles. The molecule has 1 N–H and O–H groups in total. The van der Waals surface area contributed by atoms with Crippen LogP contribution in [0.2, 0.25) is 5.02 Å². The lowest BCUT2D eigenvalue weighted by atomic mass is 9.61. The van der Waals surface area contributed by atoms with E-state index >= 15 is 0 Å². The highest BCUT2D eigenvalue weighted by Crippen LogP contribution is 2.45. The molecule has 2 fully saturated rings. The van der Waals surface area contributed by atoms with Gasteiger partial charge < -0.3 is 14.6 Å². The molecule has 4 rings (SSSR count). The lowest BCUT2D eigenvalue weighted by Crippen LogP contribution is -2.61. The van der Waals surface area contributed by atoms with Gasteiger partial charge in [0.05, 0.1) is 22.3 Å². The van der Waals surface area contributed by atoms with E-state index in [2.05, 4.69) is 10.3 Å². The lowest BCUT2D eigenvalue weighted by Gasteiger charge is -2.52. The minimum Gasteiger partial charge on any atom is -0.345 e. The van der Waals surface area contributed by atoms with Crippen LogP contribution in [0, 0.1) is 17.8 Å². The summed E-state index contributed by atoms with van der Waals surface area (Å²) in [6.45, 7) is 5.26. The number of likely N-dealkylation sites (tertiary alicyclic amines) is 1. The number of nitrogens with zero attached hydrogens (tertiary/aromatic N) is 3. The van der Waals surface area contributed by atoms with Gasteiger partial charge >= 0.3 is 0 Å². The maximum atomic E-state index is 12.9. The van der Waals surface area contributed by atoms with Crippen LogP contribution in [0.5, 0.6) is 0 Å². The van der Waals surface area contributed by atoms with Gasteiger partial charge in [-0.3, -0.25) is 9.59 Å². The maximum Gasteiger partial charge on any atom is 0.224 e. The molecule has 2 atom stereocenters. The monoisotopic (exact) mass is 360 g/mol. The second-order valence-electron chi connectivity index (χ2n) is 7.65. The normalized spacial score (nSPS) is 25.6. The van der Waals surface area contributed by atoms with E-state index in [1.165, 1.54) is 0 Å². The lowest BCUT2D eigenvalue weighted by molar-refractivity contribution is -0.147. The van der Waals surface area contributed by atoms with Crippen LogP contribution in [0.4, 0.5) is 0 Å². The third-order valence-corrected chi connectivity index (χ3v) is 5.84. The Labute approximate surface area is 151 Å². The van der Waals surface area contributed by atoms with E-state index < -0.39 is 5.54 Å². The molecule has 2 aromatic heterocycles. The average molecular weight is 361 g/mol. The zero-order valence-electron chi connectivity index (χ0n) is 14.3. The van der Waals surface area contributed by atoms with E-state index in [9.17, 15) is 9.59 Å². The van der Waals surface area contributed by atoms with Crippen molar-refractivity contribution in [1.29, 1.82) is 0 Å². The molecule has 6 nitrogen and oxygen atoms in total. The van der Waals surface area contributed by atoms with Gasteiger partial charge in [-0.15, -0.1) is 0 Å². The standard InChI is InChI=1S/C18H21ClN4O2/c1-18(2,17-20-7-14-13(19)4-3-5-23(14)17)21-16(25)15-11-6-12(15)9-22(8-11)10-24/h3-5,7,10-12,15H,6,8-9H2,1-2H3,(H,21,25). The van der Waals surface area contributed by atoms with Gasteiger partial charge in [0.1, 0.15) is 5.82 Å². The van der Waals surface area contributed by atoms with E-state index in [-0.39, 0.29) is 23.7 Å². The quantitative estimate of drug-likeness (QED) is 0.849. The summed E-state index contributed by atoms with van der Waals surface area (Å²) >= 11 is 6.22. The Hall–Kier alpha value is -2.08. The number of imidazole rings is 1. The second-order valence-corrected chi connectivity index (χ2v) is 8.06. The van der Waals surface area contributed by atoms with Gasteiger partial charge in [0.2, 0.25) is 12.3 Å². The molecule has 2 amide bonds. The van der Waals surface area contributed by atoms with Gasteiger partial charge in [0.25, 0.3) is 0 Å². The zero-order chi connectivity index (χ0) is 17.8. The van der Waals surface area contributed by atoms with Crippen LogP contribution in [0.3, 0.4) is 0 Å². The van der Waals surface area contributed by atoms with Crippen LogP contribution in [0.25, 0.3) is 5.52 Å². The van der Waals surface area contributed by atoms with Crippen LogP contribution >= 0.6 is 11.6 Å². The summed E-state index contributed by atoms with van der Waals surface area (Å²) in [5.41, 5.74) is 0.200. The SMILES string of the molecule is CC(C)(NC(=O)C1C2CC1CN(C=O)C2)c1ncc2c(Cl)cccn12. The number of amides is 2. The number of aromatic nitrogens is 2. The van der Waals surface area contributed by atoms with Gasteiger partial charge in [-0.1, -0.05) is 11.6 Å². The fourth-order valence-corrected chi connectivity index (χ4v) is 4.55. The third kappa shape index (κ3) is 2.59. The van der Waals surface area contributed by atoms with E-state index in [4.69, 9.17) is 11.6 Å².